The van der Waals surface area contributed by atoms with E-state index >= 15 is 0 Å². The van der Waals surface area contributed by atoms with Crippen molar-refractivity contribution in [2.24, 2.45) is 0 Å². The maximum Gasteiger partial charge on any atom is 0.355 e. The second kappa shape index (κ2) is 3.03. The predicted molar refractivity (Wildman–Crippen MR) is 48.9 cm³/mol. The lowest BCUT2D eigenvalue weighted by molar-refractivity contribution is 0.0762. The zero-order chi connectivity index (χ0) is 12.1. The number of fused-ring (bicyclic) bond motifs is 1. The van der Waals surface area contributed by atoms with E-state index in [1.54, 1.807) is 0 Å². The molecule has 0 spiro atoms. The maximum absolute atomic E-state index is 11.2. The third-order valence-corrected chi connectivity index (χ3v) is 4.04. The summed E-state index contributed by atoms with van der Waals surface area (Å²) in [4.78, 5) is 10.1. The molecule has 1 aliphatic rings. The molecular weight excluding hydrogens is 260 g/mol. The first kappa shape index (κ1) is 11.0. The highest BCUT2D eigenvalue weighted by Gasteiger charge is 2.36. The molecule has 7 nitrogen and oxygen atoms in total. The molecule has 0 aliphatic carbocycles. The molecule has 0 amide bonds. The SMILES string of the molecule is O=C1OS(=O)(=O)c2ccc(S(=O)(=O)O)cc21. The van der Waals surface area contributed by atoms with Crippen molar-refractivity contribution in [1.82, 2.24) is 0 Å². The van der Waals surface area contributed by atoms with E-state index in [-0.39, 0.29) is 0 Å². The minimum Gasteiger partial charge on any atom is -0.338 e. The molecule has 1 N–H and O–H groups in total. The summed E-state index contributed by atoms with van der Waals surface area (Å²) in [6, 6.07) is 2.50. The van der Waals surface area contributed by atoms with Crippen molar-refractivity contribution in [1.29, 1.82) is 0 Å². The van der Waals surface area contributed by atoms with Crippen molar-refractivity contribution in [3.05, 3.63) is 23.8 Å². The van der Waals surface area contributed by atoms with E-state index in [1.165, 1.54) is 0 Å². The molecule has 0 radical (unpaired) electrons. The highest BCUT2D eigenvalue weighted by molar-refractivity contribution is 7.87. The van der Waals surface area contributed by atoms with Gasteiger partial charge < -0.3 is 4.18 Å². The first-order valence-electron chi connectivity index (χ1n) is 3.82. The van der Waals surface area contributed by atoms with Gasteiger partial charge in [0.15, 0.2) is 0 Å². The average Bonchev–Trinajstić information content (AvgIpc) is 2.36. The van der Waals surface area contributed by atoms with Gasteiger partial charge in [-0.2, -0.15) is 16.8 Å². The van der Waals surface area contributed by atoms with Gasteiger partial charge in [0.05, 0.1) is 10.5 Å². The van der Waals surface area contributed by atoms with Crippen LogP contribution in [0, 0.1) is 0 Å². The molecule has 2 rings (SSSR count). The van der Waals surface area contributed by atoms with Crippen molar-refractivity contribution in [3.8, 4) is 0 Å². The highest BCUT2D eigenvalue weighted by Crippen LogP contribution is 2.28. The van der Waals surface area contributed by atoms with Crippen molar-refractivity contribution in [3.63, 3.8) is 0 Å². The zero-order valence-electron chi connectivity index (χ0n) is 7.45. The van der Waals surface area contributed by atoms with Gasteiger partial charge in [0.1, 0.15) is 4.90 Å². The largest absolute Gasteiger partial charge is 0.355 e. The molecule has 0 fully saturated rings. The van der Waals surface area contributed by atoms with Crippen LogP contribution in [0.4, 0.5) is 0 Å². The Morgan fingerprint density at radius 2 is 1.88 bits per heavy atom. The quantitative estimate of drug-likeness (QED) is 0.551. The Kier molecular flexibility index (Phi) is 2.09. The summed E-state index contributed by atoms with van der Waals surface area (Å²) >= 11 is 0. The van der Waals surface area contributed by atoms with Crippen LogP contribution in [0.1, 0.15) is 10.4 Å². The Labute approximate surface area is 90.5 Å². The van der Waals surface area contributed by atoms with Crippen molar-refractivity contribution in [2.45, 2.75) is 9.79 Å². The van der Waals surface area contributed by atoms with Crippen LogP contribution in [0.5, 0.6) is 0 Å². The Morgan fingerprint density at radius 3 is 2.44 bits per heavy atom. The summed E-state index contributed by atoms with van der Waals surface area (Å²) in [7, 11) is -8.63. The second-order valence-corrected chi connectivity index (χ2v) is 5.89. The van der Waals surface area contributed by atoms with Crippen LogP contribution in [-0.4, -0.2) is 27.4 Å². The fourth-order valence-electron chi connectivity index (χ4n) is 1.24. The first-order chi connectivity index (χ1) is 7.22. The monoisotopic (exact) mass is 264 g/mol. The smallest absolute Gasteiger partial charge is 0.338 e. The summed E-state index contributed by atoms with van der Waals surface area (Å²) in [5, 5.41) is 0. The van der Waals surface area contributed by atoms with Gasteiger partial charge in [-0.25, -0.2) is 4.79 Å². The Bertz CT molecular complexity index is 683. The molecule has 86 valence electrons. The van der Waals surface area contributed by atoms with E-state index in [4.69, 9.17) is 4.55 Å². The van der Waals surface area contributed by atoms with Crippen LogP contribution < -0.4 is 0 Å². The van der Waals surface area contributed by atoms with Gasteiger partial charge in [0, 0.05) is 0 Å². The predicted octanol–water partition coefficient (Wildman–Crippen LogP) is -0.208. The average molecular weight is 264 g/mol. The molecule has 0 unspecified atom stereocenters. The molecule has 0 atom stereocenters. The third-order valence-electron chi connectivity index (χ3n) is 1.92. The highest BCUT2D eigenvalue weighted by atomic mass is 32.2. The summed E-state index contributed by atoms with van der Waals surface area (Å²) in [5.74, 6) is -1.17. The molecule has 0 aromatic heterocycles. The molecule has 9 heteroatoms. The number of rotatable bonds is 1. The van der Waals surface area contributed by atoms with Crippen LogP contribution in [0.2, 0.25) is 0 Å². The van der Waals surface area contributed by atoms with E-state index < -0.39 is 41.6 Å². The van der Waals surface area contributed by atoms with Gasteiger partial charge in [0.25, 0.3) is 10.1 Å². The van der Waals surface area contributed by atoms with E-state index in [1.807, 2.05) is 0 Å². The first-order valence-corrected chi connectivity index (χ1v) is 6.67. The molecule has 1 aliphatic heterocycles. The van der Waals surface area contributed by atoms with Crippen LogP contribution in [0.15, 0.2) is 28.0 Å². The summed E-state index contributed by atoms with van der Waals surface area (Å²) in [6.45, 7) is 0. The van der Waals surface area contributed by atoms with Crippen molar-refractivity contribution < 1.29 is 30.4 Å². The molecule has 0 saturated heterocycles. The number of hydrogen-bond acceptors (Lipinski definition) is 6. The Hall–Kier alpha value is -1.45. The second-order valence-electron chi connectivity index (χ2n) is 2.96. The molecule has 1 aromatic carbocycles. The lowest BCUT2D eigenvalue weighted by Crippen LogP contribution is -2.00. The Balaban J connectivity index is 2.76. The summed E-state index contributed by atoms with van der Waals surface area (Å²) in [6.07, 6.45) is 0. The number of benzene rings is 1. The third kappa shape index (κ3) is 1.58. The van der Waals surface area contributed by atoms with E-state index in [0.717, 1.165) is 18.2 Å². The fraction of sp³-hybridized carbons (Fsp3) is 0. The van der Waals surface area contributed by atoms with Gasteiger partial charge in [-0.1, -0.05) is 0 Å². The zero-order valence-corrected chi connectivity index (χ0v) is 9.08. The summed E-state index contributed by atoms with van der Waals surface area (Å²) in [5.41, 5.74) is -0.407. The van der Waals surface area contributed by atoms with Crippen LogP contribution in [0.25, 0.3) is 0 Å². The van der Waals surface area contributed by atoms with Crippen molar-refractivity contribution in [2.75, 3.05) is 0 Å². The Morgan fingerprint density at radius 1 is 1.25 bits per heavy atom. The minimum absolute atomic E-state index is 0.407. The van der Waals surface area contributed by atoms with Gasteiger partial charge >= 0.3 is 16.1 Å². The van der Waals surface area contributed by atoms with Gasteiger partial charge in [-0.3, -0.25) is 4.55 Å². The summed E-state index contributed by atoms with van der Waals surface area (Å²) < 4.78 is 56.6. The molecule has 0 bridgehead atoms. The van der Waals surface area contributed by atoms with E-state index in [2.05, 4.69) is 4.18 Å². The van der Waals surface area contributed by atoms with E-state index in [0.29, 0.717) is 0 Å². The lowest BCUT2D eigenvalue weighted by Gasteiger charge is -1.97. The molecule has 0 saturated carbocycles. The lowest BCUT2D eigenvalue weighted by atomic mass is 10.2. The molecule has 1 aromatic rings. The topological polar surface area (TPSA) is 115 Å². The fourth-order valence-corrected chi connectivity index (χ4v) is 2.77. The molecule has 1 heterocycles. The molecular formula is C7H4O7S2. The van der Waals surface area contributed by atoms with Crippen LogP contribution in [0.3, 0.4) is 0 Å². The van der Waals surface area contributed by atoms with Gasteiger partial charge in [-0.05, 0) is 18.2 Å². The standard InChI is InChI=1S/C7H4O7S2/c8-7-5-3-4(15(9,10)11)1-2-6(5)16(12,13)14-7/h1-3H,(H,9,10,11). The van der Waals surface area contributed by atoms with E-state index in [9.17, 15) is 21.6 Å². The maximum atomic E-state index is 11.2. The number of carbonyl (C=O) groups excluding carboxylic acids is 1. The number of hydrogen-bond donors (Lipinski definition) is 1. The van der Waals surface area contributed by atoms with Crippen LogP contribution >= 0.6 is 0 Å². The number of carbonyl (C=O) groups is 1. The normalized spacial score (nSPS) is 17.9. The minimum atomic E-state index is -4.49. The van der Waals surface area contributed by atoms with Crippen molar-refractivity contribution >= 4 is 26.2 Å². The molecule has 16 heavy (non-hydrogen) atoms. The van der Waals surface area contributed by atoms with Crippen LogP contribution in [-0.2, 0) is 24.4 Å². The van der Waals surface area contributed by atoms with Gasteiger partial charge in [0.2, 0.25) is 0 Å². The van der Waals surface area contributed by atoms with Gasteiger partial charge in [-0.15, -0.1) is 0 Å².